The minimum atomic E-state index is -1.00. The second-order valence-corrected chi connectivity index (χ2v) is 10.6. The Balaban J connectivity index is 1.37. The number of carbonyl (C=O) groups excluding carboxylic acids is 2. The molecule has 40 heavy (non-hydrogen) atoms. The van der Waals surface area contributed by atoms with E-state index in [1.54, 1.807) is 31.2 Å². The Morgan fingerprint density at radius 2 is 2.17 bits per heavy atom. The van der Waals surface area contributed by atoms with Crippen LogP contribution in [0, 0.1) is 13.8 Å². The van der Waals surface area contributed by atoms with Gasteiger partial charge in [-0.05, 0) is 57.7 Å². The molecule has 1 radical (unpaired) electrons. The highest BCUT2D eigenvalue weighted by Crippen LogP contribution is 2.69. The number of likely N-dealkylation sites (N-methyl/N-ethyl adjacent to an activating group) is 1. The summed E-state index contributed by atoms with van der Waals surface area (Å²) in [4.78, 5) is 28.9. The number of carbonyl (C=O) groups is 2. The molecule has 6 rings (SSSR count). The normalized spacial score (nSPS) is 23.9. The van der Waals surface area contributed by atoms with Crippen molar-refractivity contribution in [2.75, 3.05) is 27.6 Å². The molecule has 0 unspecified atom stereocenters. The third-order valence-electron chi connectivity index (χ3n) is 8.18. The number of likely N-dealkylation sites (tertiary alicyclic amines) is 1. The molecule has 4 aliphatic rings. The van der Waals surface area contributed by atoms with E-state index in [4.69, 9.17) is 29.2 Å². The van der Waals surface area contributed by atoms with Crippen LogP contribution < -0.4 is 28.4 Å². The summed E-state index contributed by atoms with van der Waals surface area (Å²) in [6.45, 7) is 7.86. The molecule has 2 aromatic rings. The van der Waals surface area contributed by atoms with Crippen molar-refractivity contribution in [2.45, 2.75) is 50.4 Å². The van der Waals surface area contributed by atoms with Crippen molar-refractivity contribution in [3.8, 4) is 28.7 Å². The molecule has 1 amide bonds. The standard InChI is InChI=1S/C28H30BN2O8S/c1-6-7-35-22-14(3)23-24(37-12-36-23)19-17-11-28(20(19)22)25(27(33)38-28)31(17)26(32)16(30-4)9-15-8-13(2)21(34-5)18(10-15)39-40-29/h6,8,10,16-17,25,29-30H,1,7,9,11-12H2,2-5H3/t16-,17-,25+,28-/m0/s1/i29T. The van der Waals surface area contributed by atoms with Gasteiger partial charge in [-0.1, -0.05) is 18.7 Å². The van der Waals surface area contributed by atoms with Crippen LogP contribution in [0.5, 0.6) is 28.7 Å². The lowest BCUT2D eigenvalue weighted by Crippen LogP contribution is -2.65. The fourth-order valence-corrected chi connectivity index (χ4v) is 6.90. The van der Waals surface area contributed by atoms with Crippen molar-refractivity contribution in [1.29, 1.82) is 1.34 Å². The van der Waals surface area contributed by atoms with Gasteiger partial charge < -0.3 is 38.1 Å². The maximum atomic E-state index is 14.3. The zero-order chi connectivity index (χ0) is 29.1. The van der Waals surface area contributed by atoms with E-state index in [9.17, 15) is 9.59 Å². The molecule has 3 aliphatic heterocycles. The lowest BCUT2D eigenvalue weighted by atomic mass is 9.80. The van der Waals surface area contributed by atoms with Gasteiger partial charge in [-0.2, -0.15) is 0 Å². The molecule has 0 saturated carbocycles. The Morgan fingerprint density at radius 1 is 1.38 bits per heavy atom. The van der Waals surface area contributed by atoms with E-state index in [1.807, 2.05) is 19.9 Å². The molecule has 10 nitrogen and oxygen atoms in total. The topological polar surface area (TPSA) is 105 Å². The summed E-state index contributed by atoms with van der Waals surface area (Å²) >= 11 is 0.867. The van der Waals surface area contributed by atoms with Crippen molar-refractivity contribution >= 4 is 30.9 Å². The van der Waals surface area contributed by atoms with E-state index in [-0.39, 0.29) is 19.3 Å². The van der Waals surface area contributed by atoms with Crippen molar-refractivity contribution in [3.63, 3.8) is 0 Å². The van der Waals surface area contributed by atoms with Crippen LogP contribution in [0.25, 0.3) is 0 Å². The molecule has 4 atom stereocenters. The third-order valence-corrected chi connectivity index (χ3v) is 8.45. The lowest BCUT2D eigenvalue weighted by Gasteiger charge is -2.48. The monoisotopic (exact) mass is 567 g/mol. The number of hydrogen-bond acceptors (Lipinski definition) is 10. The minimum Gasteiger partial charge on any atom is -0.493 e. The average Bonchev–Trinajstić information content (AvgIpc) is 3.64. The number of aryl methyl sites for hydroxylation is 1. The van der Waals surface area contributed by atoms with Gasteiger partial charge in [-0.25, -0.2) is 4.79 Å². The van der Waals surface area contributed by atoms with E-state index in [0.29, 0.717) is 41.6 Å². The van der Waals surface area contributed by atoms with Gasteiger partial charge in [-0.3, -0.25) is 4.79 Å². The molecule has 1 aliphatic carbocycles. The molecule has 0 aromatic heterocycles. The Morgan fingerprint density at radius 3 is 2.88 bits per heavy atom. The molecule has 2 bridgehead atoms. The highest BCUT2D eigenvalue weighted by Gasteiger charge is 2.75. The van der Waals surface area contributed by atoms with Crippen LogP contribution in [0.1, 0.15) is 40.3 Å². The van der Waals surface area contributed by atoms with Gasteiger partial charge in [0.2, 0.25) is 19.8 Å². The summed E-state index contributed by atoms with van der Waals surface area (Å²) in [6.07, 6.45) is 2.40. The summed E-state index contributed by atoms with van der Waals surface area (Å²) in [6, 6.07) is 1.87. The SMILES string of the molecule is [3H][B]SOc1cc(C[C@H](NC)C(=O)N2[C@H]3C[C@]4(OC(=O)[C@@H]24)c2c(OCC=C)c(C)c4c(c23)OCO4)cc(C)c1OC. The van der Waals surface area contributed by atoms with E-state index in [0.717, 1.165) is 46.8 Å². The van der Waals surface area contributed by atoms with Crippen LogP contribution in [0.4, 0.5) is 0 Å². The van der Waals surface area contributed by atoms with Crippen LogP contribution in [0.2, 0.25) is 0 Å². The van der Waals surface area contributed by atoms with Gasteiger partial charge in [0.25, 0.3) is 0 Å². The first-order valence-electron chi connectivity index (χ1n) is 13.5. The smallest absolute Gasteiger partial charge is 0.334 e. The number of rotatable bonds is 11. The Kier molecular flexibility index (Phi) is 6.27. The lowest BCUT2D eigenvalue weighted by molar-refractivity contribution is -0.209. The zero-order valence-corrected chi connectivity index (χ0v) is 23.5. The largest absolute Gasteiger partial charge is 0.493 e. The number of methoxy groups -OCH3 is 1. The maximum Gasteiger partial charge on any atom is 0.334 e. The molecule has 1 N–H and O–H groups in total. The highest BCUT2D eigenvalue weighted by molar-refractivity contribution is 8.16. The number of fused-ring (bicyclic) bond motifs is 5. The van der Waals surface area contributed by atoms with Crippen molar-refractivity contribution in [3.05, 3.63) is 52.6 Å². The Hall–Kier alpha value is -3.51. The number of amides is 1. The van der Waals surface area contributed by atoms with E-state index >= 15 is 0 Å². The molecule has 2 saturated heterocycles. The summed E-state index contributed by atoms with van der Waals surface area (Å²) in [5.74, 6) is 2.10. The maximum absolute atomic E-state index is 14.3. The summed E-state index contributed by atoms with van der Waals surface area (Å²) < 4.78 is 42.1. The number of esters is 1. The third kappa shape index (κ3) is 3.61. The number of benzene rings is 2. The highest BCUT2D eigenvalue weighted by atomic mass is 32.2. The van der Waals surface area contributed by atoms with E-state index in [1.165, 1.54) is 0 Å². The van der Waals surface area contributed by atoms with Crippen LogP contribution in [0.3, 0.4) is 0 Å². The number of nitrogens with one attached hydrogen (secondary N) is 1. The Bertz CT molecular complexity index is 1460. The predicted molar refractivity (Wildman–Crippen MR) is 148 cm³/mol. The van der Waals surface area contributed by atoms with Gasteiger partial charge in [0.05, 0.1) is 19.2 Å². The summed E-state index contributed by atoms with van der Waals surface area (Å²) in [5, 5.41) is 3.15. The first-order valence-corrected chi connectivity index (χ1v) is 13.7. The van der Waals surface area contributed by atoms with Gasteiger partial charge >= 0.3 is 5.97 Å². The second kappa shape index (κ2) is 9.85. The molecular formula is C28H30BN2O8S. The van der Waals surface area contributed by atoms with Gasteiger partial charge in [-0.15, -0.1) is 0 Å². The quantitative estimate of drug-likeness (QED) is 0.189. The van der Waals surface area contributed by atoms with E-state index < -0.39 is 29.7 Å². The molecule has 3 heterocycles. The van der Waals surface area contributed by atoms with Crippen molar-refractivity contribution in [2.24, 2.45) is 0 Å². The molecule has 2 fully saturated rings. The molecule has 209 valence electrons. The Labute approximate surface area is 239 Å². The van der Waals surface area contributed by atoms with Gasteiger partial charge in [0, 0.05) is 23.1 Å². The van der Waals surface area contributed by atoms with Crippen LogP contribution in [-0.2, 0) is 26.3 Å². The van der Waals surface area contributed by atoms with Crippen LogP contribution >= 0.6 is 11.9 Å². The first kappa shape index (κ1) is 25.5. The number of ether oxygens (including phenoxy) is 5. The summed E-state index contributed by atoms with van der Waals surface area (Å²) in [5.41, 5.74) is 2.96. The van der Waals surface area contributed by atoms with Crippen molar-refractivity contribution < 1.29 is 37.5 Å². The zero-order valence-electron chi connectivity index (χ0n) is 23.7. The minimum absolute atomic E-state index is 0.0566. The second-order valence-electron chi connectivity index (χ2n) is 10.3. The molecular weight excluding hydrogens is 535 g/mol. The van der Waals surface area contributed by atoms with Crippen LogP contribution in [0.15, 0.2) is 24.8 Å². The molecule has 2 aromatic carbocycles. The molecule has 1 spiro atoms. The average molecular weight is 567 g/mol. The summed E-state index contributed by atoms with van der Waals surface area (Å²) in [7, 11) is 4.35. The first-order chi connectivity index (χ1) is 19.8. The number of nitrogens with zero attached hydrogens (tertiary/aromatic N) is 1. The van der Waals surface area contributed by atoms with Crippen LogP contribution in [-0.4, -0.2) is 64.8 Å². The number of hydrogen-bond donors (Lipinski definition) is 1. The van der Waals surface area contributed by atoms with Gasteiger partial charge in [0.15, 0.2) is 34.6 Å². The molecule has 12 heteroatoms. The fraction of sp³-hybridized carbons (Fsp3) is 0.429. The van der Waals surface area contributed by atoms with Gasteiger partial charge in [0.1, 0.15) is 12.4 Å². The fourth-order valence-electron chi connectivity index (χ4n) is 6.67. The van der Waals surface area contributed by atoms with Crippen molar-refractivity contribution in [1.82, 2.24) is 10.2 Å². The predicted octanol–water partition coefficient (Wildman–Crippen LogP) is 2.69. The van der Waals surface area contributed by atoms with E-state index in [2.05, 4.69) is 11.9 Å².